The van der Waals surface area contributed by atoms with E-state index in [0.29, 0.717) is 0 Å². The average Bonchev–Trinajstić information content (AvgIpc) is 2.38. The van der Waals surface area contributed by atoms with Gasteiger partial charge in [-0.1, -0.05) is 77.0 Å². The molecule has 6 nitrogen and oxygen atoms in total. The van der Waals surface area contributed by atoms with E-state index in [1.807, 2.05) is 83.1 Å². The summed E-state index contributed by atoms with van der Waals surface area (Å²) >= 11 is 18.1. The van der Waals surface area contributed by atoms with Crippen molar-refractivity contribution in [2.75, 3.05) is 0 Å². The van der Waals surface area contributed by atoms with Gasteiger partial charge in [0.1, 0.15) is 0 Å². The van der Waals surface area contributed by atoms with Crippen LogP contribution in [0.4, 0.5) is 0 Å². The maximum atomic E-state index is 11.4. The van der Waals surface area contributed by atoms with Gasteiger partial charge in [-0.25, -0.2) is 0 Å². The molecular formula is C18H42FeO6P3S6. The summed E-state index contributed by atoms with van der Waals surface area (Å²) in [6.45, 7) is 22.7. The van der Waals surface area contributed by atoms with Gasteiger partial charge in [-0.2, -0.15) is 0 Å². The van der Waals surface area contributed by atoms with Crippen LogP contribution in [0, 0.1) is 0 Å². The predicted molar refractivity (Wildman–Crippen MR) is 160 cm³/mol. The van der Waals surface area contributed by atoms with Gasteiger partial charge in [0, 0.05) is 32.8 Å². The van der Waals surface area contributed by atoms with Crippen molar-refractivity contribution in [2.45, 2.75) is 117 Å². The molecule has 0 saturated heterocycles. The molecule has 16 heteroatoms. The van der Waals surface area contributed by atoms with Crippen LogP contribution in [0.3, 0.4) is 0 Å². The molecule has 0 saturated carbocycles. The zero-order valence-corrected chi connectivity index (χ0v) is 30.7. The van der Waals surface area contributed by atoms with Crippen molar-refractivity contribution >= 4 is 86.6 Å². The van der Waals surface area contributed by atoms with Gasteiger partial charge in [0.2, 0.25) is 0 Å². The molecule has 34 heavy (non-hydrogen) atoms. The van der Waals surface area contributed by atoms with Gasteiger partial charge in [0.15, 0.2) is 0 Å². The normalized spacial score (nSPS) is 16.9. The van der Waals surface area contributed by atoms with Crippen molar-refractivity contribution < 1.29 is 45.3 Å². The second-order valence-corrected chi connectivity index (χ2v) is 27.7. The Bertz CT molecular complexity index is 526. The van der Waals surface area contributed by atoms with Crippen LogP contribution in [-0.4, -0.2) is 34.1 Å². The molecule has 0 rings (SSSR count). The number of hydrogen-bond donors (Lipinski definition) is 0. The van der Waals surface area contributed by atoms with Crippen LogP contribution in [0.15, 0.2) is 0 Å². The van der Waals surface area contributed by atoms with E-state index < -0.39 is 17.1 Å². The van der Waals surface area contributed by atoms with Crippen molar-refractivity contribution in [1.29, 1.82) is 0 Å². The first-order chi connectivity index (χ1) is 14.5. The molecule has 209 valence electrons. The quantitative estimate of drug-likeness (QED) is 0.167. The minimum Gasteiger partial charge on any atom is -0.793 e. The van der Waals surface area contributed by atoms with Crippen LogP contribution in [-0.2, 0) is 66.1 Å². The van der Waals surface area contributed by atoms with Crippen molar-refractivity contribution in [3.8, 4) is 0 Å². The second-order valence-electron chi connectivity index (χ2n) is 8.27. The van der Waals surface area contributed by atoms with Crippen LogP contribution in [0.5, 0.6) is 0 Å². The first kappa shape index (κ1) is 44.3. The largest absolute Gasteiger partial charge is 3.00 e. The third kappa shape index (κ3) is 37.4. The number of rotatable bonds is 12. The van der Waals surface area contributed by atoms with E-state index in [1.54, 1.807) is 0 Å². The Labute approximate surface area is 247 Å². The van der Waals surface area contributed by atoms with E-state index in [-0.39, 0.29) is 51.1 Å². The van der Waals surface area contributed by atoms with Crippen molar-refractivity contribution in [2.24, 2.45) is 0 Å². The van der Waals surface area contributed by atoms with Gasteiger partial charge in [-0.05, 0) is 41.5 Å². The smallest absolute Gasteiger partial charge is 0.793 e. The molecule has 0 aliphatic heterocycles. The van der Waals surface area contributed by atoms with Gasteiger partial charge in [-0.15, -0.1) is 34.1 Å². The van der Waals surface area contributed by atoms with E-state index in [1.165, 1.54) is 34.1 Å². The summed E-state index contributed by atoms with van der Waals surface area (Å²) < 4.78 is 15.2. The van der Waals surface area contributed by atoms with Crippen LogP contribution >= 0.6 is 51.2 Å². The summed E-state index contributed by atoms with van der Waals surface area (Å²) in [5.74, 6) is 0. The van der Waals surface area contributed by atoms with Crippen molar-refractivity contribution in [1.82, 2.24) is 0 Å². The third-order valence-electron chi connectivity index (χ3n) is 2.04. The fraction of sp³-hybridized carbons (Fsp3) is 1.00. The van der Waals surface area contributed by atoms with Crippen molar-refractivity contribution in [3.05, 3.63) is 0 Å². The molecule has 0 N–H and O–H groups in total. The van der Waals surface area contributed by atoms with Crippen LogP contribution in [0.1, 0.15) is 83.1 Å². The molecule has 0 aromatic rings. The number of hydrogen-bond acceptors (Lipinski definition) is 12. The summed E-state index contributed by atoms with van der Waals surface area (Å²) in [6.07, 6.45) is -0.154. The minimum atomic E-state index is -2.80. The van der Waals surface area contributed by atoms with E-state index in [9.17, 15) is 14.7 Å². The standard InChI is InChI=1S/3C6H15O2PS2.Fe/c3*1-5(2)8-9(7,10)11-6(3)4;/h3*5-6H,1-4H3,(H,7,10);/q;;;+3/p-3. The topological polar surface area (TPSA) is 96.9 Å². The molecule has 0 bridgehead atoms. The third-order valence-corrected chi connectivity index (χ3v) is 16.1. The molecule has 3 atom stereocenters. The van der Waals surface area contributed by atoms with E-state index >= 15 is 0 Å². The molecule has 0 aromatic carbocycles. The fourth-order valence-electron chi connectivity index (χ4n) is 1.62. The van der Waals surface area contributed by atoms with E-state index in [0.717, 1.165) is 0 Å². The Balaban J connectivity index is -0.000000196. The monoisotopic (exact) mass is 695 g/mol. The van der Waals surface area contributed by atoms with Gasteiger partial charge in [0.05, 0.1) is 18.3 Å². The molecule has 3 unspecified atom stereocenters. The van der Waals surface area contributed by atoms with Crippen LogP contribution < -0.4 is 14.7 Å². The Morgan fingerprint density at radius 3 is 0.706 bits per heavy atom. The molecule has 0 aliphatic rings. The molecule has 0 aliphatic carbocycles. The molecule has 0 fully saturated rings. The maximum absolute atomic E-state index is 11.4. The molecule has 1 radical (unpaired) electrons. The molecular weight excluding hydrogens is 653 g/mol. The fourth-order valence-corrected chi connectivity index (χ4v) is 17.7. The average molecular weight is 696 g/mol. The molecule has 0 aromatic heterocycles. The molecule has 0 spiro atoms. The summed E-state index contributed by atoms with van der Waals surface area (Å²) in [5.41, 5.74) is -8.41. The first-order valence-corrected chi connectivity index (χ1v) is 22.9. The zero-order chi connectivity index (χ0) is 27.2. The zero-order valence-electron chi connectivity index (χ0n) is 22.1. The van der Waals surface area contributed by atoms with Gasteiger partial charge in [0.25, 0.3) is 0 Å². The Morgan fingerprint density at radius 1 is 0.471 bits per heavy atom. The summed E-state index contributed by atoms with van der Waals surface area (Å²) in [4.78, 5) is 34.2. The Morgan fingerprint density at radius 2 is 0.618 bits per heavy atom. The molecule has 0 heterocycles. The van der Waals surface area contributed by atoms with Gasteiger partial charge in [-0.3, -0.25) is 0 Å². The SMILES string of the molecule is CC(C)OP([O-])(=S)SC(C)C.CC(C)OP([O-])(=S)SC(C)C.CC(C)OP([O-])(=S)SC(C)C.[Fe+3]. The second kappa shape index (κ2) is 22.0. The summed E-state index contributed by atoms with van der Waals surface area (Å²) in [5, 5.41) is 0.784. The first-order valence-electron chi connectivity index (χ1n) is 10.5. The molecule has 0 amide bonds. The predicted octanol–water partition coefficient (Wildman–Crippen LogP) is 6.41. The van der Waals surface area contributed by atoms with Crippen LogP contribution in [0.2, 0.25) is 0 Å². The summed E-state index contributed by atoms with van der Waals surface area (Å²) in [7, 11) is 0. The van der Waals surface area contributed by atoms with E-state index in [2.05, 4.69) is 0 Å². The maximum Gasteiger partial charge on any atom is 3.00 e. The van der Waals surface area contributed by atoms with E-state index in [4.69, 9.17) is 49.0 Å². The Kier molecular flexibility index (Phi) is 28.7. The van der Waals surface area contributed by atoms with Gasteiger partial charge >= 0.3 is 17.1 Å². The van der Waals surface area contributed by atoms with Gasteiger partial charge < -0.3 is 28.3 Å². The summed E-state index contributed by atoms with van der Waals surface area (Å²) in [6, 6.07) is 0. The minimum absolute atomic E-state index is 0. The van der Waals surface area contributed by atoms with Crippen LogP contribution in [0.25, 0.3) is 0 Å². The Hall–Kier alpha value is 3.28. The van der Waals surface area contributed by atoms with Crippen molar-refractivity contribution in [3.63, 3.8) is 0 Å².